The van der Waals surface area contributed by atoms with Crippen LogP contribution in [0, 0.1) is 19.7 Å². The molecule has 0 aliphatic carbocycles. The molecule has 1 N–H and O–H groups in total. The molecular weight excluding hydrogens is 329 g/mol. The predicted molar refractivity (Wildman–Crippen MR) is 105 cm³/mol. The molecule has 3 rings (SSSR count). The van der Waals surface area contributed by atoms with Crippen molar-refractivity contribution in [3.8, 4) is 0 Å². The molecule has 4 nitrogen and oxygen atoms in total. The lowest BCUT2D eigenvalue weighted by atomic mass is 10.0. The topological polar surface area (TPSA) is 37.3 Å². The summed E-state index contributed by atoms with van der Waals surface area (Å²) in [6, 6.07) is 6.53. The van der Waals surface area contributed by atoms with Crippen LogP contribution in [0.5, 0.6) is 0 Å². The van der Waals surface area contributed by atoms with Crippen LogP contribution >= 0.6 is 0 Å². The first-order valence-corrected chi connectivity index (χ1v) is 9.16. The predicted octanol–water partition coefficient (Wildman–Crippen LogP) is 4.08. The van der Waals surface area contributed by atoms with Crippen LogP contribution in [-0.4, -0.2) is 35.0 Å². The Labute approximate surface area is 154 Å². The van der Waals surface area contributed by atoms with E-state index in [9.17, 15) is 9.18 Å². The molecule has 1 aromatic carbocycles. The first-order chi connectivity index (χ1) is 12.4. The van der Waals surface area contributed by atoms with Gasteiger partial charge in [-0.3, -0.25) is 4.79 Å². The molecular formula is C21H26FN3O. The quantitative estimate of drug-likeness (QED) is 0.793. The van der Waals surface area contributed by atoms with Gasteiger partial charge in [0.1, 0.15) is 5.82 Å². The molecule has 138 valence electrons. The number of aromatic nitrogens is 1. The second kappa shape index (κ2) is 7.46. The minimum Gasteiger partial charge on any atom is -0.344 e. The van der Waals surface area contributed by atoms with Gasteiger partial charge >= 0.3 is 0 Å². The Hall–Kier alpha value is -2.40. The molecule has 1 amide bonds. The summed E-state index contributed by atoms with van der Waals surface area (Å²) in [5.74, 6) is -0.518. The van der Waals surface area contributed by atoms with Crippen molar-refractivity contribution in [3.63, 3.8) is 0 Å². The molecule has 2 aromatic rings. The van der Waals surface area contributed by atoms with Crippen LogP contribution in [0.2, 0.25) is 0 Å². The van der Waals surface area contributed by atoms with E-state index in [-0.39, 0.29) is 11.7 Å². The number of nitrogens with one attached hydrogen (secondary N) is 1. The van der Waals surface area contributed by atoms with Crippen molar-refractivity contribution in [2.24, 2.45) is 0 Å². The highest BCUT2D eigenvalue weighted by Gasteiger charge is 2.25. The highest BCUT2D eigenvalue weighted by Crippen LogP contribution is 2.34. The summed E-state index contributed by atoms with van der Waals surface area (Å²) < 4.78 is 15.9. The van der Waals surface area contributed by atoms with Crippen LogP contribution in [0.1, 0.15) is 36.4 Å². The Morgan fingerprint density at radius 2 is 1.92 bits per heavy atom. The van der Waals surface area contributed by atoms with Gasteiger partial charge in [-0.05, 0) is 62.8 Å². The van der Waals surface area contributed by atoms with Gasteiger partial charge in [0.05, 0.1) is 5.57 Å². The maximum atomic E-state index is 13.7. The maximum Gasteiger partial charge on any atom is 0.256 e. The highest BCUT2D eigenvalue weighted by atomic mass is 19.1. The van der Waals surface area contributed by atoms with Gasteiger partial charge in [0.2, 0.25) is 0 Å². The third-order valence-electron chi connectivity index (χ3n) is 5.13. The van der Waals surface area contributed by atoms with Gasteiger partial charge in [0, 0.05) is 35.7 Å². The zero-order valence-electron chi connectivity index (χ0n) is 15.9. The number of anilines is 1. The SMILES string of the molecule is CCN(CC)CCn1c(C)cc(C)c1C=C1C(=O)Nc2ccc(F)cc21. The van der Waals surface area contributed by atoms with Gasteiger partial charge in [-0.2, -0.15) is 0 Å². The van der Waals surface area contributed by atoms with Crippen LogP contribution < -0.4 is 5.32 Å². The summed E-state index contributed by atoms with van der Waals surface area (Å²) in [5, 5.41) is 2.82. The minimum absolute atomic E-state index is 0.181. The second-order valence-electron chi connectivity index (χ2n) is 6.73. The number of hydrogen-bond acceptors (Lipinski definition) is 2. The third-order valence-corrected chi connectivity index (χ3v) is 5.13. The second-order valence-corrected chi connectivity index (χ2v) is 6.73. The van der Waals surface area contributed by atoms with E-state index in [1.165, 1.54) is 17.8 Å². The smallest absolute Gasteiger partial charge is 0.256 e. The fourth-order valence-corrected chi connectivity index (χ4v) is 3.58. The molecule has 1 aromatic heterocycles. The van der Waals surface area contributed by atoms with Crippen molar-refractivity contribution >= 4 is 23.2 Å². The molecule has 26 heavy (non-hydrogen) atoms. The van der Waals surface area contributed by atoms with Crippen molar-refractivity contribution in [2.75, 3.05) is 25.0 Å². The van der Waals surface area contributed by atoms with Crippen molar-refractivity contribution in [3.05, 3.63) is 52.6 Å². The van der Waals surface area contributed by atoms with E-state index in [1.807, 2.05) is 13.0 Å². The number of halogens is 1. The minimum atomic E-state index is -0.337. The van der Waals surface area contributed by atoms with Gasteiger partial charge in [0.15, 0.2) is 0 Å². The number of hydrogen-bond donors (Lipinski definition) is 1. The van der Waals surface area contributed by atoms with Gasteiger partial charge < -0.3 is 14.8 Å². The zero-order valence-corrected chi connectivity index (χ0v) is 15.9. The first-order valence-electron chi connectivity index (χ1n) is 9.16. The molecule has 0 atom stereocenters. The normalized spacial score (nSPS) is 15.0. The zero-order chi connectivity index (χ0) is 18.8. The van der Waals surface area contributed by atoms with Crippen molar-refractivity contribution < 1.29 is 9.18 Å². The van der Waals surface area contributed by atoms with Crippen molar-refractivity contribution in [1.82, 2.24) is 9.47 Å². The third kappa shape index (κ3) is 3.44. The van der Waals surface area contributed by atoms with E-state index in [0.717, 1.165) is 37.4 Å². The lowest BCUT2D eigenvalue weighted by Crippen LogP contribution is -2.27. The molecule has 1 aliphatic rings. The average molecular weight is 355 g/mol. The lowest BCUT2D eigenvalue weighted by molar-refractivity contribution is -0.110. The van der Waals surface area contributed by atoms with Gasteiger partial charge in [-0.25, -0.2) is 4.39 Å². The number of benzene rings is 1. The molecule has 0 fully saturated rings. The van der Waals surface area contributed by atoms with Crippen LogP contribution in [0.25, 0.3) is 11.6 Å². The highest BCUT2D eigenvalue weighted by molar-refractivity contribution is 6.34. The summed E-state index contributed by atoms with van der Waals surface area (Å²) in [6.07, 6.45) is 1.89. The Balaban J connectivity index is 1.99. The Morgan fingerprint density at radius 3 is 2.62 bits per heavy atom. The maximum absolute atomic E-state index is 13.7. The number of aryl methyl sites for hydroxylation is 2. The summed E-state index contributed by atoms with van der Waals surface area (Å²) >= 11 is 0. The van der Waals surface area contributed by atoms with E-state index in [4.69, 9.17) is 0 Å². The molecule has 0 spiro atoms. The van der Waals surface area contributed by atoms with Crippen LogP contribution in [0.3, 0.4) is 0 Å². The number of fused-ring (bicyclic) bond motifs is 1. The lowest BCUT2D eigenvalue weighted by Gasteiger charge is -2.20. The molecule has 0 unspecified atom stereocenters. The van der Waals surface area contributed by atoms with E-state index in [0.29, 0.717) is 16.8 Å². The van der Waals surface area contributed by atoms with E-state index < -0.39 is 0 Å². The van der Waals surface area contributed by atoms with Gasteiger partial charge in [0.25, 0.3) is 5.91 Å². The molecule has 0 bridgehead atoms. The summed E-state index contributed by atoms with van der Waals surface area (Å²) in [4.78, 5) is 14.8. The van der Waals surface area contributed by atoms with Gasteiger partial charge in [-0.15, -0.1) is 0 Å². The molecule has 1 aliphatic heterocycles. The fourth-order valence-electron chi connectivity index (χ4n) is 3.58. The Morgan fingerprint density at radius 1 is 1.19 bits per heavy atom. The number of carbonyl (C=O) groups excluding carboxylic acids is 1. The molecule has 0 saturated carbocycles. The fraction of sp³-hybridized carbons (Fsp3) is 0.381. The van der Waals surface area contributed by atoms with Crippen LogP contribution in [0.15, 0.2) is 24.3 Å². The van der Waals surface area contributed by atoms with Crippen LogP contribution in [0.4, 0.5) is 10.1 Å². The van der Waals surface area contributed by atoms with E-state index >= 15 is 0 Å². The number of nitrogens with zero attached hydrogens (tertiary/aromatic N) is 2. The first kappa shape index (κ1) is 18.4. The number of likely N-dealkylation sites (N-methyl/N-ethyl adjacent to an activating group) is 1. The number of rotatable bonds is 6. The van der Waals surface area contributed by atoms with Crippen molar-refractivity contribution in [2.45, 2.75) is 34.2 Å². The Bertz CT molecular complexity index is 862. The van der Waals surface area contributed by atoms with Crippen molar-refractivity contribution in [1.29, 1.82) is 0 Å². The van der Waals surface area contributed by atoms with Gasteiger partial charge in [-0.1, -0.05) is 13.8 Å². The number of amides is 1. The average Bonchev–Trinajstić information content (AvgIpc) is 3.06. The molecule has 0 radical (unpaired) electrons. The van der Waals surface area contributed by atoms with E-state index in [2.05, 4.69) is 41.6 Å². The summed E-state index contributed by atoms with van der Waals surface area (Å²) in [5.41, 5.74) is 5.11. The van der Waals surface area contributed by atoms with Crippen LogP contribution in [-0.2, 0) is 11.3 Å². The molecule has 0 saturated heterocycles. The Kier molecular flexibility index (Phi) is 5.28. The largest absolute Gasteiger partial charge is 0.344 e. The molecule has 5 heteroatoms. The number of carbonyl (C=O) groups is 1. The van der Waals surface area contributed by atoms with E-state index in [1.54, 1.807) is 6.07 Å². The monoisotopic (exact) mass is 355 g/mol. The summed E-state index contributed by atoms with van der Waals surface area (Å²) in [7, 11) is 0. The summed E-state index contributed by atoms with van der Waals surface area (Å²) in [6.45, 7) is 12.3. The molecule has 2 heterocycles. The standard InChI is InChI=1S/C21H26FN3O/c1-5-24(6-2)9-10-25-15(4)11-14(3)20(25)13-18-17-12-16(22)7-8-19(17)23-21(18)26/h7-8,11-13H,5-6,9-10H2,1-4H3,(H,23,26).